The number of halogens is 8. The molecule has 5 amide bonds. The maximum Gasteiger partial charge on any atom is 0.258 e. The van der Waals surface area contributed by atoms with Crippen molar-refractivity contribution in [2.24, 2.45) is 5.92 Å². The molecule has 0 unspecified atom stereocenters. The minimum absolute atomic E-state index is 0.0101. The van der Waals surface area contributed by atoms with Crippen LogP contribution in [-0.4, -0.2) is 211 Å². The summed E-state index contributed by atoms with van der Waals surface area (Å²) in [4.78, 5) is 92.5. The predicted molar refractivity (Wildman–Crippen MR) is 533 cm³/mol. The molecule has 39 nitrogen and oxygen atoms in total. The smallest absolute Gasteiger partial charge is 0.258 e. The Morgan fingerprint density at radius 3 is 1.10 bits per heavy atom. The van der Waals surface area contributed by atoms with Crippen molar-refractivity contribution >= 4 is 145 Å². The number of fused-ring (bicyclic) bond motifs is 8. The molecule has 0 radical (unpaired) electrons. The van der Waals surface area contributed by atoms with Crippen molar-refractivity contribution in [1.29, 1.82) is 0 Å². The molecule has 30 rings (SSSR count). The molecule has 15 aliphatic carbocycles. The van der Waals surface area contributed by atoms with Crippen LogP contribution < -0.4 is 76.9 Å². The SMILES string of the molecule is C[C@@H]1CC2(NC(=O)COc3ccc(Cl)c(F)c3)CCC1(Nc1nccn3cnnc13)CC2.Cc1cc(OCC(=O)NC23CC(Nc4nccn5cnnc45)(C2)C3)ccc1Cl.Cc1cc(OCC(=O)NC23CC(Nc4nccn5ncnc45)(C2)C3)ccc1Cl.Cc1cn2ccnc(NC34CC(NC(=O)COc5ccc(Cl)c(F)c5)(C3)C4)c2n1.Cc1nnc2c(NC34CC(NC(=O)COc5ccc(Cl)c(F)c5)(C3)C4)nccn12. The molecule has 10 heterocycles. The fourth-order valence-corrected chi connectivity index (χ4v) is 23.3. The van der Waals surface area contributed by atoms with Crippen molar-refractivity contribution in [3.8, 4) is 28.7 Å². The largest absolute Gasteiger partial charge is 0.484 e. The number of carbonyl (C=O) groups excluding carboxylic acids is 5. The van der Waals surface area contributed by atoms with Gasteiger partial charge in [0.25, 0.3) is 29.5 Å². The molecule has 10 bridgehead atoms. The monoisotopic (exact) mass is 2090 g/mol. The Kier molecular flexibility index (Phi) is 25.5. The zero-order valence-electron chi connectivity index (χ0n) is 79.5. The van der Waals surface area contributed by atoms with E-state index in [0.29, 0.717) is 55.9 Å². The van der Waals surface area contributed by atoms with Crippen LogP contribution in [0.5, 0.6) is 28.7 Å². The average Bonchev–Trinajstić information content (AvgIpc) is 0.741. The van der Waals surface area contributed by atoms with E-state index < -0.39 is 17.5 Å². The molecular formula is C99H99Cl5F3N29O10. The minimum atomic E-state index is -0.580. The van der Waals surface area contributed by atoms with E-state index in [9.17, 15) is 37.1 Å². The van der Waals surface area contributed by atoms with Crippen LogP contribution in [0.1, 0.15) is 139 Å². The molecule has 146 heavy (non-hydrogen) atoms. The van der Waals surface area contributed by atoms with Gasteiger partial charge in [0, 0.05) is 152 Å². The molecule has 0 saturated heterocycles. The third kappa shape index (κ3) is 19.9. The second-order valence-electron chi connectivity index (χ2n) is 40.3. The van der Waals surface area contributed by atoms with Crippen LogP contribution in [0.25, 0.3) is 28.2 Å². The predicted octanol–water partition coefficient (Wildman–Crippen LogP) is 14.0. The summed E-state index contributed by atoms with van der Waals surface area (Å²) in [5.41, 5.74) is 5.17. The molecule has 0 aliphatic heterocycles. The third-order valence-electron chi connectivity index (χ3n) is 29.2. The van der Waals surface area contributed by atoms with Crippen LogP contribution in [0.4, 0.5) is 42.3 Å². The van der Waals surface area contributed by atoms with Crippen LogP contribution in [0.2, 0.25) is 25.1 Å². The van der Waals surface area contributed by atoms with Crippen LogP contribution in [0.15, 0.2) is 178 Å². The van der Waals surface area contributed by atoms with E-state index in [1.807, 2.05) is 88.4 Å². The number of hydrogen-bond acceptors (Lipinski definition) is 29. The fraction of sp³-hybridized carbons (Fsp3) is 0.384. The second-order valence-corrected chi connectivity index (χ2v) is 42.4. The van der Waals surface area contributed by atoms with Crippen molar-refractivity contribution in [1.82, 2.24) is 119 Å². The number of anilines is 5. The van der Waals surface area contributed by atoms with Gasteiger partial charge >= 0.3 is 0 Å². The van der Waals surface area contributed by atoms with Crippen LogP contribution >= 0.6 is 58.0 Å². The first-order valence-electron chi connectivity index (χ1n) is 47.4. The summed E-state index contributed by atoms with van der Waals surface area (Å²) in [6.45, 7) is 9.31. The summed E-state index contributed by atoms with van der Waals surface area (Å²) in [7, 11) is 0. The molecular weight excluding hydrogens is 1990 g/mol. The van der Waals surface area contributed by atoms with Gasteiger partial charge in [-0.05, 0) is 227 Å². The van der Waals surface area contributed by atoms with E-state index in [2.05, 4.69) is 131 Å². The summed E-state index contributed by atoms with van der Waals surface area (Å²) in [5.74, 6) is 4.23. The lowest BCUT2D eigenvalue weighted by molar-refractivity contribution is -0.136. The Labute approximate surface area is 856 Å². The first kappa shape index (κ1) is 97.6. The minimum Gasteiger partial charge on any atom is -0.484 e. The molecule has 0 spiro atoms. The zero-order chi connectivity index (χ0) is 102. The number of imidazole rings is 1. The number of nitrogens with one attached hydrogen (secondary N) is 10. The highest BCUT2D eigenvalue weighted by Gasteiger charge is 2.72. The highest BCUT2D eigenvalue weighted by Crippen LogP contribution is 2.65. The van der Waals surface area contributed by atoms with Gasteiger partial charge in [-0.2, -0.15) is 5.10 Å². The molecule has 15 fully saturated rings. The average molecular weight is 2090 g/mol. The highest BCUT2D eigenvalue weighted by molar-refractivity contribution is 6.32. The zero-order valence-corrected chi connectivity index (χ0v) is 83.3. The number of amides is 5. The Balaban J connectivity index is 0.000000107. The molecule has 10 N–H and O–H groups in total. The van der Waals surface area contributed by atoms with Crippen LogP contribution in [0, 0.1) is 51.1 Å². The lowest BCUT2D eigenvalue weighted by atomic mass is 9.44. The first-order valence-corrected chi connectivity index (χ1v) is 49.3. The van der Waals surface area contributed by atoms with E-state index in [-0.39, 0.29) is 150 Å². The van der Waals surface area contributed by atoms with Gasteiger partial charge in [0.05, 0.1) is 20.8 Å². The molecule has 10 aromatic heterocycles. The Bertz CT molecular complexity index is 7270. The van der Waals surface area contributed by atoms with Crippen molar-refractivity contribution in [2.45, 2.75) is 199 Å². The molecule has 15 saturated carbocycles. The summed E-state index contributed by atoms with van der Waals surface area (Å²) in [6, 6.07) is 23.0. The summed E-state index contributed by atoms with van der Waals surface area (Å²) < 4.78 is 77.0. The van der Waals surface area contributed by atoms with Gasteiger partial charge in [0.2, 0.25) is 16.9 Å². The third-order valence-corrected chi connectivity index (χ3v) is 31.0. The lowest BCUT2D eigenvalue weighted by Crippen LogP contribution is -2.81. The first-order chi connectivity index (χ1) is 70.0. The molecule has 756 valence electrons. The number of ether oxygens (including phenoxy) is 5. The number of aryl methyl sites for hydroxylation is 4. The molecule has 1 atom stereocenters. The van der Waals surface area contributed by atoms with Crippen molar-refractivity contribution in [3.05, 3.63) is 243 Å². The van der Waals surface area contributed by atoms with Gasteiger partial charge < -0.3 is 81.3 Å². The lowest BCUT2D eigenvalue weighted by Gasteiger charge is -2.70. The Morgan fingerprint density at radius 1 is 0.370 bits per heavy atom. The summed E-state index contributed by atoms with van der Waals surface area (Å²) in [6.07, 6.45) is 38.9. The number of hydrogen-bond donors (Lipinski definition) is 10. The number of rotatable bonds is 30. The quantitative estimate of drug-likeness (QED) is 0.0200. The summed E-state index contributed by atoms with van der Waals surface area (Å²) >= 11 is 29.0. The van der Waals surface area contributed by atoms with Gasteiger partial charge in [-0.25, -0.2) is 52.6 Å². The van der Waals surface area contributed by atoms with E-state index in [0.717, 1.165) is 167 Å². The molecule has 15 aromatic rings. The standard InChI is InChI=1S/C22H24ClFN6O2.C20H19ClFN5O2.C19H18ClFN6O2.2C19H19ClN6O2/c1-14-11-21(27-18(31)12-32-15-2-3-16(23)17(24)10-15)4-6-22(14,7-5-21)28-19-20-29-26-13-30(20)9-8-25-19;1-12-7-27-5-4-23-17(18(27)24-12)26-20-9-19(10-20,11-20)25-16(28)8-29-13-2-3-14(21)15(22)6-13;1-11-25-26-17-16(22-4-5-27(11)17)24-19-8-18(9-19,10-19)23-15(28)7-29-12-2-3-13(20)14(21)6-12;1-12-6-13(2-3-14(12)20)28-7-15(27)23-18-8-19(9-18,10-18)24-16-17-25-22-11-26(17)5-4-21-16;1-12-6-13(2-3-14(12)20)28-7-15(27)24-18-8-19(9-18,10-18)25-16-17-22-11-23-26(17)5-4-21-16/h2-3,8-10,13-14H,4-7,11-12H2,1H3,(H,25,28)(H,27,31);2-7H,8-11H2,1H3,(H,23,26)(H,25,28);2-6H,7-10H2,1H3,(H,22,24)(H,23,28);2-6,11H,7-10H2,1H3,(H,21,24)(H,23,27);2-6,11H,7-10H2,1H3,(H,21,25)(H,24,27)/t14-,21?,22?;;;;/m1..../s1. The maximum absolute atomic E-state index is 13.6. The van der Waals surface area contributed by atoms with Gasteiger partial charge in [-0.3, -0.25) is 37.2 Å². The second kappa shape index (κ2) is 38.2. The van der Waals surface area contributed by atoms with Gasteiger partial charge in [-0.15, -0.1) is 30.6 Å². The van der Waals surface area contributed by atoms with Crippen LogP contribution in [0.3, 0.4) is 0 Å². The fourth-order valence-electron chi connectivity index (χ4n) is 22.7. The van der Waals surface area contributed by atoms with Crippen molar-refractivity contribution in [3.63, 3.8) is 0 Å². The van der Waals surface area contributed by atoms with Gasteiger partial charge in [0.15, 0.2) is 73.4 Å². The Morgan fingerprint density at radius 2 is 0.712 bits per heavy atom. The maximum atomic E-state index is 13.6. The van der Waals surface area contributed by atoms with E-state index in [1.165, 1.54) is 48.8 Å². The Hall–Kier alpha value is -14.5. The van der Waals surface area contributed by atoms with E-state index in [4.69, 9.17) is 81.7 Å². The normalized spacial score (nSPS) is 25.2. The number of benzene rings is 5. The highest BCUT2D eigenvalue weighted by atomic mass is 35.5. The molecule has 47 heteroatoms. The van der Waals surface area contributed by atoms with E-state index in [1.54, 1.807) is 84.7 Å². The van der Waals surface area contributed by atoms with Crippen molar-refractivity contribution < 1.29 is 60.8 Å². The molecule has 15 aliphatic rings. The van der Waals surface area contributed by atoms with Gasteiger partial charge in [0.1, 0.15) is 71.0 Å². The number of nitrogens with zero attached hydrogens (tertiary/aromatic N) is 19. The van der Waals surface area contributed by atoms with E-state index >= 15 is 0 Å². The number of carbonyl (C=O) groups is 5. The number of aromatic nitrogens is 19. The summed E-state index contributed by atoms with van der Waals surface area (Å²) in [5, 5.41) is 63.1. The topological polar surface area (TPSA) is 454 Å². The van der Waals surface area contributed by atoms with Crippen LogP contribution in [-0.2, 0) is 24.0 Å². The van der Waals surface area contributed by atoms with Crippen molar-refractivity contribution in [2.75, 3.05) is 59.6 Å². The van der Waals surface area contributed by atoms with Gasteiger partial charge in [-0.1, -0.05) is 64.9 Å². The molecule has 5 aromatic carbocycles.